The van der Waals surface area contributed by atoms with Crippen LogP contribution >= 0.6 is 0 Å². The number of carbonyl (C=O) groups is 2. The topological polar surface area (TPSA) is 124 Å². The van der Waals surface area contributed by atoms with Crippen molar-refractivity contribution in [1.29, 1.82) is 0 Å². The number of piperidine rings is 1. The van der Waals surface area contributed by atoms with Crippen LogP contribution in [0, 0.1) is 0 Å². The van der Waals surface area contributed by atoms with Crippen LogP contribution in [0.3, 0.4) is 0 Å². The van der Waals surface area contributed by atoms with E-state index in [1.54, 1.807) is 25.3 Å². The summed E-state index contributed by atoms with van der Waals surface area (Å²) in [6.45, 7) is 5.21. The van der Waals surface area contributed by atoms with Crippen LogP contribution in [0.25, 0.3) is 0 Å². The van der Waals surface area contributed by atoms with Gasteiger partial charge in [0.15, 0.2) is 0 Å². The highest BCUT2D eigenvalue weighted by atomic mass is 32.2. The molecular weight excluding hydrogens is 492 g/mol. The molecule has 37 heavy (non-hydrogen) atoms. The van der Waals surface area contributed by atoms with Gasteiger partial charge in [0.1, 0.15) is 5.82 Å². The number of fused-ring (bicyclic) bond motifs is 1. The van der Waals surface area contributed by atoms with Gasteiger partial charge in [-0.2, -0.15) is 0 Å². The SMILES string of the molecule is CC(=O)N1CCC(Nc2cc(C(=O)NCC(CN3CCc4ccccc4C3)NS(C)(=O)=O)ccn2)CC1. The maximum absolute atomic E-state index is 12.9. The predicted octanol–water partition coefficient (Wildman–Crippen LogP) is 1.21. The number of rotatable bonds is 9. The summed E-state index contributed by atoms with van der Waals surface area (Å²) in [5.41, 5.74) is 3.02. The average molecular weight is 529 g/mol. The van der Waals surface area contributed by atoms with E-state index < -0.39 is 16.1 Å². The molecule has 1 aromatic carbocycles. The molecule has 4 rings (SSSR count). The molecule has 1 unspecified atom stereocenters. The lowest BCUT2D eigenvalue weighted by Gasteiger charge is -2.32. The molecule has 200 valence electrons. The van der Waals surface area contributed by atoms with Crippen molar-refractivity contribution in [2.45, 2.75) is 44.8 Å². The van der Waals surface area contributed by atoms with Crippen molar-refractivity contribution in [2.24, 2.45) is 0 Å². The Kier molecular flexibility index (Phi) is 8.78. The minimum atomic E-state index is -3.45. The first-order valence-corrected chi connectivity index (χ1v) is 14.6. The Morgan fingerprint density at radius 1 is 1.11 bits per heavy atom. The first-order chi connectivity index (χ1) is 17.7. The summed E-state index contributed by atoms with van der Waals surface area (Å²) in [6.07, 6.45) is 5.26. The lowest BCUT2D eigenvalue weighted by molar-refractivity contribution is -0.129. The van der Waals surface area contributed by atoms with E-state index in [2.05, 4.69) is 37.4 Å². The largest absolute Gasteiger partial charge is 0.367 e. The Morgan fingerprint density at radius 3 is 2.54 bits per heavy atom. The van der Waals surface area contributed by atoms with Gasteiger partial charge in [-0.1, -0.05) is 24.3 Å². The summed E-state index contributed by atoms with van der Waals surface area (Å²) in [5.74, 6) is 0.400. The van der Waals surface area contributed by atoms with Gasteiger partial charge in [-0.3, -0.25) is 14.5 Å². The molecule has 1 atom stereocenters. The van der Waals surface area contributed by atoms with E-state index in [9.17, 15) is 18.0 Å². The maximum atomic E-state index is 12.9. The van der Waals surface area contributed by atoms with Crippen LogP contribution in [0.2, 0.25) is 0 Å². The van der Waals surface area contributed by atoms with E-state index in [-0.39, 0.29) is 24.4 Å². The molecule has 11 heteroatoms. The molecule has 0 spiro atoms. The van der Waals surface area contributed by atoms with Crippen molar-refractivity contribution in [3.63, 3.8) is 0 Å². The molecular formula is C26H36N6O4S. The molecule has 2 aliphatic heterocycles. The molecule has 2 aliphatic rings. The second kappa shape index (κ2) is 12.0. The number of pyridine rings is 1. The minimum Gasteiger partial charge on any atom is -0.367 e. The number of anilines is 1. The summed E-state index contributed by atoms with van der Waals surface area (Å²) in [5, 5.41) is 6.25. The van der Waals surface area contributed by atoms with Gasteiger partial charge in [-0.15, -0.1) is 0 Å². The number of nitrogens with zero attached hydrogens (tertiary/aromatic N) is 3. The fraction of sp³-hybridized carbons (Fsp3) is 0.500. The molecule has 1 aromatic heterocycles. The second-order valence-electron chi connectivity index (χ2n) is 9.91. The zero-order valence-corrected chi connectivity index (χ0v) is 22.3. The summed E-state index contributed by atoms with van der Waals surface area (Å²) in [6, 6.07) is 11.3. The van der Waals surface area contributed by atoms with Crippen molar-refractivity contribution in [2.75, 3.05) is 44.3 Å². The quantitative estimate of drug-likeness (QED) is 0.447. The number of hydrogen-bond donors (Lipinski definition) is 3. The normalized spacial score (nSPS) is 17.6. The summed E-state index contributed by atoms with van der Waals surface area (Å²) in [4.78, 5) is 32.9. The number of nitrogens with one attached hydrogen (secondary N) is 3. The monoisotopic (exact) mass is 528 g/mol. The van der Waals surface area contributed by atoms with E-state index in [1.165, 1.54) is 11.1 Å². The van der Waals surface area contributed by atoms with E-state index in [0.717, 1.165) is 38.6 Å². The van der Waals surface area contributed by atoms with E-state index in [4.69, 9.17) is 0 Å². The van der Waals surface area contributed by atoms with Gasteiger partial charge in [-0.25, -0.2) is 18.1 Å². The zero-order valence-electron chi connectivity index (χ0n) is 21.4. The van der Waals surface area contributed by atoms with Crippen LogP contribution in [0.1, 0.15) is 41.3 Å². The van der Waals surface area contributed by atoms with Gasteiger partial charge in [0.05, 0.1) is 12.3 Å². The van der Waals surface area contributed by atoms with Crippen LogP contribution < -0.4 is 15.4 Å². The van der Waals surface area contributed by atoms with Gasteiger partial charge in [-0.05, 0) is 42.5 Å². The molecule has 10 nitrogen and oxygen atoms in total. The molecule has 0 aliphatic carbocycles. The van der Waals surface area contributed by atoms with E-state index in [0.29, 0.717) is 31.0 Å². The molecule has 2 amide bonds. The standard InChI is InChI=1S/C26H36N6O4S/c1-19(33)32-13-9-23(10-14-32)29-25-15-21(7-11-27-25)26(34)28-16-24(30-37(2,35)36)18-31-12-8-20-5-3-4-6-22(20)17-31/h3-7,11,15,23-24,30H,8-10,12-14,16-18H2,1-2H3,(H,27,29)(H,28,34). The molecule has 2 aromatic rings. The van der Waals surface area contributed by atoms with Crippen molar-refractivity contribution in [3.8, 4) is 0 Å². The van der Waals surface area contributed by atoms with Crippen LogP contribution in [0.4, 0.5) is 5.82 Å². The Morgan fingerprint density at radius 2 is 1.84 bits per heavy atom. The molecule has 1 fully saturated rings. The zero-order chi connectivity index (χ0) is 26.4. The average Bonchev–Trinajstić information content (AvgIpc) is 2.86. The highest BCUT2D eigenvalue weighted by molar-refractivity contribution is 7.88. The highest BCUT2D eigenvalue weighted by Crippen LogP contribution is 2.19. The Balaban J connectivity index is 1.33. The van der Waals surface area contributed by atoms with Crippen LogP contribution in [-0.2, 0) is 27.8 Å². The number of hydrogen-bond acceptors (Lipinski definition) is 7. The molecule has 0 saturated carbocycles. The van der Waals surface area contributed by atoms with Gasteiger partial charge >= 0.3 is 0 Å². The molecule has 1 saturated heterocycles. The summed E-state index contributed by atoms with van der Waals surface area (Å²) >= 11 is 0. The third-order valence-corrected chi connectivity index (χ3v) is 7.65. The van der Waals surface area contributed by atoms with E-state index in [1.807, 2.05) is 17.0 Å². The number of sulfonamides is 1. The third-order valence-electron chi connectivity index (χ3n) is 6.89. The maximum Gasteiger partial charge on any atom is 0.251 e. The fourth-order valence-corrected chi connectivity index (χ4v) is 5.75. The molecule has 3 N–H and O–H groups in total. The number of carbonyl (C=O) groups excluding carboxylic acids is 2. The lowest BCUT2D eigenvalue weighted by Crippen LogP contribution is -2.50. The predicted molar refractivity (Wildman–Crippen MR) is 143 cm³/mol. The van der Waals surface area contributed by atoms with Gasteiger partial charge < -0.3 is 15.5 Å². The fourth-order valence-electron chi connectivity index (χ4n) is 4.98. The Labute approximate surface area is 218 Å². The summed E-state index contributed by atoms with van der Waals surface area (Å²) < 4.78 is 26.7. The third kappa shape index (κ3) is 7.98. The minimum absolute atomic E-state index is 0.0870. The Bertz CT molecular complexity index is 1210. The smallest absolute Gasteiger partial charge is 0.251 e. The molecule has 3 heterocycles. The van der Waals surface area contributed by atoms with Crippen molar-refractivity contribution >= 4 is 27.7 Å². The first kappa shape index (κ1) is 27.0. The first-order valence-electron chi connectivity index (χ1n) is 12.7. The lowest BCUT2D eigenvalue weighted by atomic mass is 9.99. The van der Waals surface area contributed by atoms with Crippen LogP contribution in [0.5, 0.6) is 0 Å². The number of amides is 2. The van der Waals surface area contributed by atoms with Crippen molar-refractivity contribution in [3.05, 3.63) is 59.3 Å². The molecule has 0 radical (unpaired) electrons. The van der Waals surface area contributed by atoms with Crippen LogP contribution in [-0.4, -0.2) is 86.1 Å². The van der Waals surface area contributed by atoms with Gasteiger partial charge in [0.25, 0.3) is 5.91 Å². The summed E-state index contributed by atoms with van der Waals surface area (Å²) in [7, 11) is -3.45. The Hall–Kier alpha value is -3.02. The van der Waals surface area contributed by atoms with Crippen LogP contribution in [0.15, 0.2) is 42.6 Å². The highest BCUT2D eigenvalue weighted by Gasteiger charge is 2.23. The number of benzene rings is 1. The van der Waals surface area contributed by atoms with Gasteiger partial charge in [0.2, 0.25) is 15.9 Å². The van der Waals surface area contributed by atoms with Gasteiger partial charge in [0, 0.05) is 64.0 Å². The number of likely N-dealkylation sites (tertiary alicyclic amines) is 1. The second-order valence-corrected chi connectivity index (χ2v) is 11.7. The van der Waals surface area contributed by atoms with Crippen molar-refractivity contribution in [1.82, 2.24) is 24.8 Å². The molecule has 0 bridgehead atoms. The van der Waals surface area contributed by atoms with E-state index >= 15 is 0 Å². The van der Waals surface area contributed by atoms with Crippen molar-refractivity contribution < 1.29 is 18.0 Å². The number of aromatic nitrogens is 1.